The minimum absolute atomic E-state index is 0.0164. The van der Waals surface area contributed by atoms with Gasteiger partial charge in [0.1, 0.15) is 12.6 Å². The van der Waals surface area contributed by atoms with E-state index in [1.165, 1.54) is 19.3 Å². The first-order valence-electron chi connectivity index (χ1n) is 19.0. The second kappa shape index (κ2) is 32.9. The Bertz CT molecular complexity index is 1050. The fourth-order valence-corrected chi connectivity index (χ4v) is 4.95. The number of aliphatic carboxylic acids is 1. The second-order valence-corrected chi connectivity index (χ2v) is 13.5. The third-order valence-corrected chi connectivity index (χ3v) is 7.95. The lowest BCUT2D eigenvalue weighted by Crippen LogP contribution is -2.55. The van der Waals surface area contributed by atoms with Crippen LogP contribution in [0.15, 0.2) is 72.9 Å². The average molecular weight is 700 g/mol. The number of hydrogen-bond acceptors (Lipinski definition) is 7. The summed E-state index contributed by atoms with van der Waals surface area (Å²) in [5, 5.41) is 11.6. The Hall–Kier alpha value is -3.23. The lowest BCUT2D eigenvalue weighted by Gasteiger charge is -2.34. The normalized spacial score (nSPS) is 13.9. The van der Waals surface area contributed by atoms with Crippen molar-refractivity contribution in [2.75, 3.05) is 41.0 Å². The lowest BCUT2D eigenvalue weighted by atomic mass is 10.1. The van der Waals surface area contributed by atoms with Gasteiger partial charge in [-0.1, -0.05) is 125 Å². The van der Waals surface area contributed by atoms with Gasteiger partial charge in [0.25, 0.3) is 0 Å². The van der Waals surface area contributed by atoms with E-state index in [4.69, 9.17) is 14.2 Å². The zero-order valence-electron chi connectivity index (χ0n) is 32.0. The maximum Gasteiger partial charge on any atom is 0.306 e. The van der Waals surface area contributed by atoms with Gasteiger partial charge in [-0.05, 0) is 51.4 Å². The van der Waals surface area contributed by atoms with Crippen LogP contribution in [-0.2, 0) is 28.6 Å². The van der Waals surface area contributed by atoms with Gasteiger partial charge in [0, 0.05) is 19.3 Å². The molecule has 0 aromatic heterocycles. The van der Waals surface area contributed by atoms with Gasteiger partial charge in [-0.15, -0.1) is 0 Å². The number of ether oxygens (including phenoxy) is 3. The molecule has 0 aliphatic rings. The first-order valence-corrected chi connectivity index (χ1v) is 19.0. The maximum atomic E-state index is 12.6. The quantitative estimate of drug-likeness (QED) is 0.0229. The molecule has 2 atom stereocenters. The van der Waals surface area contributed by atoms with Crippen molar-refractivity contribution in [3.8, 4) is 0 Å². The van der Waals surface area contributed by atoms with Crippen LogP contribution in [0.4, 0.5) is 0 Å². The lowest BCUT2D eigenvalue weighted by molar-refractivity contribution is -0.889. The molecular weight excluding hydrogens is 630 g/mol. The Balaban J connectivity index is 4.56. The number of rotatable bonds is 32. The summed E-state index contributed by atoms with van der Waals surface area (Å²) in [5.41, 5.74) is 0. The van der Waals surface area contributed by atoms with E-state index in [1.54, 1.807) is 21.1 Å². The minimum atomic E-state index is -1.14. The van der Waals surface area contributed by atoms with E-state index in [2.05, 4.69) is 38.2 Å². The number of carbonyl (C=O) groups is 3. The summed E-state index contributed by atoms with van der Waals surface area (Å²) >= 11 is 0. The van der Waals surface area contributed by atoms with E-state index < -0.39 is 18.1 Å². The number of unbranched alkanes of at least 4 members (excludes halogenated alkanes) is 10. The van der Waals surface area contributed by atoms with Gasteiger partial charge in [-0.3, -0.25) is 9.59 Å². The van der Waals surface area contributed by atoms with Crippen LogP contribution in [0, 0.1) is 0 Å². The van der Waals surface area contributed by atoms with E-state index in [0.29, 0.717) is 12.8 Å². The molecule has 0 heterocycles. The molecule has 0 aliphatic heterocycles. The number of carboxylic acids is 1. The Labute approximate surface area is 304 Å². The van der Waals surface area contributed by atoms with Crippen molar-refractivity contribution in [3.63, 3.8) is 0 Å². The highest BCUT2D eigenvalue weighted by atomic mass is 16.6. The van der Waals surface area contributed by atoms with Crippen LogP contribution in [0.5, 0.6) is 0 Å². The molecule has 0 aromatic carbocycles. The standard InChI is InChI=1S/C42H69NO7/c1-6-8-10-12-14-16-18-19-20-21-23-25-27-29-31-33-41(45)50-38(36-48-35-34-39(42(46)47)43(3,4)5)37-49-40(44)32-30-28-26-24-22-17-15-13-11-9-7-2/h8,10,12-16,18-21,23,38-39H,6-7,9,11,17,22,24-37H2,1-5H3/b10-8+,14-12+,15-13+,18-16+,20-19+,23-21+. The van der Waals surface area contributed by atoms with Crippen LogP contribution < -0.4 is 5.11 Å². The van der Waals surface area contributed by atoms with Gasteiger partial charge >= 0.3 is 11.9 Å². The van der Waals surface area contributed by atoms with E-state index >= 15 is 0 Å². The predicted octanol–water partition coefficient (Wildman–Crippen LogP) is 8.29. The van der Waals surface area contributed by atoms with Crippen molar-refractivity contribution >= 4 is 17.9 Å². The summed E-state index contributed by atoms with van der Waals surface area (Å²) in [6.07, 6.45) is 39.3. The first-order chi connectivity index (χ1) is 24.1. The highest BCUT2D eigenvalue weighted by Crippen LogP contribution is 2.12. The molecule has 0 saturated carbocycles. The molecule has 8 nitrogen and oxygen atoms in total. The third-order valence-electron chi connectivity index (χ3n) is 7.95. The second-order valence-electron chi connectivity index (χ2n) is 13.5. The van der Waals surface area contributed by atoms with Crippen LogP contribution >= 0.6 is 0 Å². The van der Waals surface area contributed by atoms with Gasteiger partial charge in [0.05, 0.1) is 40.3 Å². The molecular formula is C42H69NO7. The van der Waals surface area contributed by atoms with Gasteiger partial charge < -0.3 is 28.6 Å². The largest absolute Gasteiger partial charge is 0.544 e. The minimum Gasteiger partial charge on any atom is -0.544 e. The molecule has 0 aromatic rings. The molecule has 8 heteroatoms. The highest BCUT2D eigenvalue weighted by Gasteiger charge is 2.25. The van der Waals surface area contributed by atoms with Crippen LogP contribution in [0.2, 0.25) is 0 Å². The number of nitrogens with zero attached hydrogens (tertiary/aromatic N) is 1. The van der Waals surface area contributed by atoms with Gasteiger partial charge in [0.2, 0.25) is 0 Å². The molecule has 0 rings (SSSR count). The fourth-order valence-electron chi connectivity index (χ4n) is 4.95. The molecule has 2 unspecified atom stereocenters. The molecule has 0 fully saturated rings. The molecule has 0 saturated heterocycles. The highest BCUT2D eigenvalue weighted by molar-refractivity contribution is 5.70. The predicted molar refractivity (Wildman–Crippen MR) is 203 cm³/mol. The monoisotopic (exact) mass is 700 g/mol. The summed E-state index contributed by atoms with van der Waals surface area (Å²) in [6, 6.07) is -0.737. The Morgan fingerprint density at radius 1 is 0.620 bits per heavy atom. The fraction of sp³-hybridized carbons (Fsp3) is 0.643. The van der Waals surface area contributed by atoms with Crippen molar-refractivity contribution < 1.29 is 38.2 Å². The number of esters is 2. The summed E-state index contributed by atoms with van der Waals surface area (Å²) in [7, 11) is 5.37. The summed E-state index contributed by atoms with van der Waals surface area (Å²) in [4.78, 5) is 36.6. The number of hydrogen-bond donors (Lipinski definition) is 0. The van der Waals surface area contributed by atoms with Gasteiger partial charge in [0.15, 0.2) is 6.10 Å². The molecule has 284 valence electrons. The summed E-state index contributed by atoms with van der Waals surface area (Å²) in [5.74, 6) is -1.82. The van der Waals surface area contributed by atoms with Crippen molar-refractivity contribution in [1.82, 2.24) is 0 Å². The molecule has 50 heavy (non-hydrogen) atoms. The van der Waals surface area contributed by atoms with Gasteiger partial charge in [-0.2, -0.15) is 0 Å². The van der Waals surface area contributed by atoms with E-state index in [1.807, 2.05) is 48.6 Å². The van der Waals surface area contributed by atoms with E-state index in [9.17, 15) is 19.5 Å². The van der Waals surface area contributed by atoms with Crippen LogP contribution in [-0.4, -0.2) is 75.5 Å². The van der Waals surface area contributed by atoms with E-state index in [0.717, 1.165) is 64.2 Å². The number of quaternary nitrogens is 1. The SMILES string of the molecule is CC/C=C/C=C/C=C/C=C/C=C/CCCCCC(=O)OC(COCCC(C(=O)[O-])[N+](C)(C)C)COC(=O)CCCCCCC/C=C/CCCC. The number of likely N-dealkylation sites (N-methyl/N-ethyl adjacent to an activating group) is 1. The molecule has 0 spiro atoms. The van der Waals surface area contributed by atoms with Crippen LogP contribution in [0.3, 0.4) is 0 Å². The van der Waals surface area contributed by atoms with Crippen molar-refractivity contribution in [1.29, 1.82) is 0 Å². The smallest absolute Gasteiger partial charge is 0.306 e. The maximum absolute atomic E-state index is 12.6. The topological polar surface area (TPSA) is 102 Å². The molecule has 0 N–H and O–H groups in total. The van der Waals surface area contributed by atoms with E-state index in [-0.39, 0.29) is 49.1 Å². The summed E-state index contributed by atoms with van der Waals surface area (Å²) < 4.78 is 17.0. The Kier molecular flexibility index (Phi) is 30.8. The zero-order chi connectivity index (χ0) is 37.1. The van der Waals surface area contributed by atoms with Crippen molar-refractivity contribution in [3.05, 3.63) is 72.9 Å². The molecule has 0 aliphatic carbocycles. The summed E-state index contributed by atoms with van der Waals surface area (Å²) in [6.45, 7) is 4.39. The number of allylic oxidation sites excluding steroid dienone is 12. The molecule has 0 radical (unpaired) electrons. The van der Waals surface area contributed by atoms with Crippen molar-refractivity contribution in [2.45, 2.75) is 135 Å². The first kappa shape index (κ1) is 46.8. The number of carboxylic acid groups (broad SMARTS) is 1. The zero-order valence-corrected chi connectivity index (χ0v) is 32.0. The van der Waals surface area contributed by atoms with Crippen LogP contribution in [0.25, 0.3) is 0 Å². The molecule has 0 bridgehead atoms. The Morgan fingerprint density at radius 2 is 1.14 bits per heavy atom. The van der Waals surface area contributed by atoms with Gasteiger partial charge in [-0.25, -0.2) is 0 Å². The van der Waals surface area contributed by atoms with Crippen molar-refractivity contribution in [2.24, 2.45) is 0 Å². The Morgan fingerprint density at radius 3 is 1.74 bits per heavy atom. The van der Waals surface area contributed by atoms with Crippen LogP contribution in [0.1, 0.15) is 123 Å². The molecule has 0 amide bonds. The third kappa shape index (κ3) is 30.8. The number of carbonyl (C=O) groups excluding carboxylic acids is 3. The average Bonchev–Trinajstić information content (AvgIpc) is 3.06.